The van der Waals surface area contributed by atoms with Crippen molar-refractivity contribution in [1.29, 1.82) is 0 Å². The highest BCUT2D eigenvalue weighted by molar-refractivity contribution is 9.10. The van der Waals surface area contributed by atoms with Crippen molar-refractivity contribution in [2.75, 3.05) is 19.6 Å². The fourth-order valence-electron chi connectivity index (χ4n) is 2.93. The highest BCUT2D eigenvalue weighted by Crippen LogP contribution is 2.18. The standard InChI is InChI=1S/C20H20BrN3O3/c21-17-9-7-16(8-10-17)20(27)24-14-4-13-23(24)18(25)11-12-22-19(26)15-5-2-1-3-6-15/h1-3,5-10H,4,11-14H2,(H,22,26). The molecule has 0 aromatic heterocycles. The number of rotatable bonds is 5. The average Bonchev–Trinajstić information content (AvgIpc) is 3.18. The molecule has 0 bridgehead atoms. The van der Waals surface area contributed by atoms with E-state index in [4.69, 9.17) is 0 Å². The second kappa shape index (κ2) is 8.81. The molecule has 6 nitrogen and oxygen atoms in total. The molecule has 1 heterocycles. The van der Waals surface area contributed by atoms with Crippen LogP contribution in [0, 0.1) is 0 Å². The fourth-order valence-corrected chi connectivity index (χ4v) is 3.19. The van der Waals surface area contributed by atoms with E-state index in [0.717, 1.165) is 10.9 Å². The van der Waals surface area contributed by atoms with Crippen LogP contribution in [0.4, 0.5) is 0 Å². The number of halogens is 1. The van der Waals surface area contributed by atoms with E-state index in [9.17, 15) is 14.4 Å². The Bertz CT molecular complexity index is 824. The second-order valence-electron chi connectivity index (χ2n) is 6.18. The molecule has 1 aliphatic rings. The molecule has 1 saturated heterocycles. The van der Waals surface area contributed by atoms with Gasteiger partial charge in [-0.1, -0.05) is 34.1 Å². The maximum absolute atomic E-state index is 12.7. The van der Waals surface area contributed by atoms with Crippen LogP contribution < -0.4 is 5.32 Å². The molecule has 0 radical (unpaired) electrons. The van der Waals surface area contributed by atoms with Crippen LogP contribution >= 0.6 is 15.9 Å². The molecule has 0 unspecified atom stereocenters. The van der Waals surface area contributed by atoms with E-state index in [2.05, 4.69) is 21.2 Å². The summed E-state index contributed by atoms with van der Waals surface area (Å²) < 4.78 is 0.891. The van der Waals surface area contributed by atoms with Gasteiger partial charge in [-0.25, -0.2) is 5.01 Å². The molecule has 0 saturated carbocycles. The molecule has 0 aliphatic carbocycles. The average molecular weight is 430 g/mol. The van der Waals surface area contributed by atoms with Gasteiger partial charge in [0.05, 0.1) is 0 Å². The normalized spacial score (nSPS) is 13.5. The number of hydrogen-bond donors (Lipinski definition) is 1. The van der Waals surface area contributed by atoms with E-state index in [1.54, 1.807) is 48.5 Å². The molecule has 27 heavy (non-hydrogen) atoms. The minimum Gasteiger partial charge on any atom is -0.352 e. The zero-order valence-electron chi connectivity index (χ0n) is 14.7. The molecule has 2 aromatic carbocycles. The van der Waals surface area contributed by atoms with Crippen molar-refractivity contribution in [3.8, 4) is 0 Å². The summed E-state index contributed by atoms with van der Waals surface area (Å²) in [5, 5.41) is 5.72. The summed E-state index contributed by atoms with van der Waals surface area (Å²) in [5.74, 6) is -0.583. The smallest absolute Gasteiger partial charge is 0.272 e. The Morgan fingerprint density at radius 2 is 1.56 bits per heavy atom. The van der Waals surface area contributed by atoms with Crippen LogP contribution in [-0.2, 0) is 4.79 Å². The van der Waals surface area contributed by atoms with Crippen LogP contribution in [0.1, 0.15) is 33.6 Å². The van der Waals surface area contributed by atoms with Crippen LogP contribution in [0.3, 0.4) is 0 Å². The Labute approximate surface area is 166 Å². The summed E-state index contributed by atoms with van der Waals surface area (Å²) in [6.07, 6.45) is 0.882. The largest absolute Gasteiger partial charge is 0.352 e. The van der Waals surface area contributed by atoms with Gasteiger partial charge in [0.15, 0.2) is 0 Å². The lowest BCUT2D eigenvalue weighted by Crippen LogP contribution is -2.45. The molecule has 0 spiro atoms. The van der Waals surface area contributed by atoms with Gasteiger partial charge in [-0.05, 0) is 42.8 Å². The van der Waals surface area contributed by atoms with Crippen LogP contribution in [-0.4, -0.2) is 47.4 Å². The first-order valence-electron chi connectivity index (χ1n) is 8.77. The number of carbonyl (C=O) groups excluding carboxylic acids is 3. The Morgan fingerprint density at radius 1 is 0.889 bits per heavy atom. The molecule has 0 atom stereocenters. The first-order chi connectivity index (χ1) is 13.1. The first kappa shape index (κ1) is 19.1. The highest BCUT2D eigenvalue weighted by atomic mass is 79.9. The van der Waals surface area contributed by atoms with E-state index in [1.807, 2.05) is 6.07 Å². The quantitative estimate of drug-likeness (QED) is 0.793. The Hall–Kier alpha value is -2.67. The van der Waals surface area contributed by atoms with Gasteiger partial charge in [-0.2, -0.15) is 0 Å². The van der Waals surface area contributed by atoms with Gasteiger partial charge in [0.1, 0.15) is 0 Å². The highest BCUT2D eigenvalue weighted by Gasteiger charge is 2.30. The number of hydrogen-bond acceptors (Lipinski definition) is 3. The summed E-state index contributed by atoms with van der Waals surface area (Å²) in [4.78, 5) is 37.3. The van der Waals surface area contributed by atoms with Gasteiger partial charge < -0.3 is 5.32 Å². The van der Waals surface area contributed by atoms with Crippen molar-refractivity contribution < 1.29 is 14.4 Å². The molecular formula is C20H20BrN3O3. The molecular weight excluding hydrogens is 410 g/mol. The summed E-state index contributed by atoms with van der Waals surface area (Å²) in [5.41, 5.74) is 1.09. The summed E-state index contributed by atoms with van der Waals surface area (Å²) in [7, 11) is 0. The molecule has 1 fully saturated rings. The molecule has 1 aliphatic heterocycles. The predicted octanol–water partition coefficient (Wildman–Crippen LogP) is 2.86. The van der Waals surface area contributed by atoms with E-state index >= 15 is 0 Å². The third kappa shape index (κ3) is 4.74. The minimum atomic E-state index is -0.215. The SMILES string of the molecule is O=C(NCCC(=O)N1CCCN1C(=O)c1ccc(Br)cc1)c1ccccc1. The van der Waals surface area contributed by atoms with Crippen molar-refractivity contribution in [3.05, 3.63) is 70.2 Å². The van der Waals surface area contributed by atoms with Gasteiger partial charge in [-0.15, -0.1) is 0 Å². The monoisotopic (exact) mass is 429 g/mol. The maximum atomic E-state index is 12.7. The number of amides is 3. The number of benzene rings is 2. The van der Waals surface area contributed by atoms with E-state index in [0.29, 0.717) is 24.2 Å². The van der Waals surface area contributed by atoms with Gasteiger partial charge >= 0.3 is 0 Å². The number of hydrazine groups is 1. The Kier molecular flexibility index (Phi) is 6.24. The van der Waals surface area contributed by atoms with Crippen molar-refractivity contribution >= 4 is 33.7 Å². The van der Waals surface area contributed by atoms with Gasteiger partial charge in [0.2, 0.25) is 5.91 Å². The summed E-state index contributed by atoms with van der Waals surface area (Å²) >= 11 is 3.35. The Morgan fingerprint density at radius 3 is 2.26 bits per heavy atom. The van der Waals surface area contributed by atoms with Crippen molar-refractivity contribution in [2.24, 2.45) is 0 Å². The van der Waals surface area contributed by atoms with Crippen LogP contribution in [0.5, 0.6) is 0 Å². The maximum Gasteiger partial charge on any atom is 0.272 e. The molecule has 2 aromatic rings. The molecule has 1 N–H and O–H groups in total. The lowest BCUT2D eigenvalue weighted by Gasteiger charge is -2.28. The lowest BCUT2D eigenvalue weighted by molar-refractivity contribution is -0.140. The zero-order valence-corrected chi connectivity index (χ0v) is 16.3. The molecule has 7 heteroatoms. The summed E-state index contributed by atoms with van der Waals surface area (Å²) in [6, 6.07) is 15.9. The lowest BCUT2D eigenvalue weighted by atomic mass is 10.2. The number of nitrogens with one attached hydrogen (secondary N) is 1. The number of nitrogens with zero attached hydrogens (tertiary/aromatic N) is 2. The number of carbonyl (C=O) groups is 3. The second-order valence-corrected chi connectivity index (χ2v) is 7.09. The van der Waals surface area contributed by atoms with Gasteiger partial charge in [0, 0.05) is 41.7 Å². The van der Waals surface area contributed by atoms with Crippen molar-refractivity contribution in [1.82, 2.24) is 15.3 Å². The summed E-state index contributed by atoms with van der Waals surface area (Å²) in [6.45, 7) is 1.24. The Balaban J connectivity index is 1.55. The van der Waals surface area contributed by atoms with Crippen LogP contribution in [0.2, 0.25) is 0 Å². The van der Waals surface area contributed by atoms with E-state index in [1.165, 1.54) is 10.0 Å². The topological polar surface area (TPSA) is 69.7 Å². The fraction of sp³-hybridized carbons (Fsp3) is 0.250. The van der Waals surface area contributed by atoms with Crippen molar-refractivity contribution in [3.63, 3.8) is 0 Å². The third-order valence-corrected chi connectivity index (χ3v) is 4.83. The van der Waals surface area contributed by atoms with Crippen molar-refractivity contribution in [2.45, 2.75) is 12.8 Å². The van der Waals surface area contributed by atoms with E-state index in [-0.39, 0.29) is 30.7 Å². The van der Waals surface area contributed by atoms with Crippen LogP contribution in [0.25, 0.3) is 0 Å². The predicted molar refractivity (Wildman–Crippen MR) is 105 cm³/mol. The molecule has 140 valence electrons. The third-order valence-electron chi connectivity index (χ3n) is 4.31. The molecule has 3 rings (SSSR count). The molecule has 3 amide bonds. The van der Waals surface area contributed by atoms with Crippen LogP contribution in [0.15, 0.2) is 59.1 Å². The van der Waals surface area contributed by atoms with Gasteiger partial charge in [0.25, 0.3) is 11.8 Å². The first-order valence-corrected chi connectivity index (χ1v) is 9.56. The zero-order chi connectivity index (χ0) is 19.2. The van der Waals surface area contributed by atoms with E-state index < -0.39 is 0 Å². The van der Waals surface area contributed by atoms with Gasteiger partial charge in [-0.3, -0.25) is 19.4 Å². The minimum absolute atomic E-state index is 0.142.